The highest BCUT2D eigenvalue weighted by Gasteiger charge is 2.19. The van der Waals surface area contributed by atoms with Crippen LogP contribution in [0.5, 0.6) is 11.5 Å². The van der Waals surface area contributed by atoms with Crippen LogP contribution in [0.2, 0.25) is 0 Å². The molecule has 1 atom stereocenters. The van der Waals surface area contributed by atoms with Crippen LogP contribution in [0.1, 0.15) is 18.1 Å². The van der Waals surface area contributed by atoms with Crippen molar-refractivity contribution >= 4 is 0 Å². The van der Waals surface area contributed by atoms with Gasteiger partial charge in [0.2, 0.25) is 0 Å². The molecule has 2 N–H and O–H groups in total. The van der Waals surface area contributed by atoms with E-state index in [4.69, 9.17) is 19.9 Å². The zero-order valence-electron chi connectivity index (χ0n) is 9.66. The maximum Gasteiger partial charge on any atom is 0.189 e. The second-order valence-corrected chi connectivity index (χ2v) is 4.03. The fourth-order valence-corrected chi connectivity index (χ4v) is 1.92. The molecule has 0 saturated heterocycles. The molecule has 0 amide bonds. The molecule has 1 aromatic rings. The normalized spacial score (nSPS) is 16.2. The van der Waals surface area contributed by atoms with Gasteiger partial charge in [0, 0.05) is 6.04 Å². The lowest BCUT2D eigenvalue weighted by atomic mass is 10.0. The minimum Gasteiger partial charge on any atom is -0.496 e. The fourth-order valence-electron chi connectivity index (χ4n) is 1.92. The summed E-state index contributed by atoms with van der Waals surface area (Å²) in [5, 5.41) is 0. The van der Waals surface area contributed by atoms with Crippen LogP contribution in [0.15, 0.2) is 12.1 Å². The van der Waals surface area contributed by atoms with Crippen molar-refractivity contribution in [1.29, 1.82) is 0 Å². The summed E-state index contributed by atoms with van der Waals surface area (Å²) in [6.45, 7) is 2.81. The van der Waals surface area contributed by atoms with Gasteiger partial charge in [-0.1, -0.05) is 6.07 Å². The van der Waals surface area contributed by atoms with Gasteiger partial charge >= 0.3 is 0 Å². The molecule has 88 valence electrons. The first-order chi connectivity index (χ1) is 7.72. The molecule has 1 aliphatic heterocycles. The predicted octanol–water partition coefficient (Wildman–Crippen LogP) is 1.45. The van der Waals surface area contributed by atoms with Crippen LogP contribution in [0.25, 0.3) is 0 Å². The van der Waals surface area contributed by atoms with Crippen LogP contribution in [-0.4, -0.2) is 19.9 Å². The molecule has 0 aromatic heterocycles. The molecule has 1 aromatic carbocycles. The van der Waals surface area contributed by atoms with Crippen LogP contribution in [-0.2, 0) is 17.8 Å². The topological polar surface area (TPSA) is 53.7 Å². The Hall–Kier alpha value is -1.26. The first kappa shape index (κ1) is 11.2. The Balaban J connectivity index is 2.40. The predicted molar refractivity (Wildman–Crippen MR) is 60.6 cm³/mol. The summed E-state index contributed by atoms with van der Waals surface area (Å²) in [5.41, 5.74) is 7.91. The van der Waals surface area contributed by atoms with Crippen molar-refractivity contribution in [3.63, 3.8) is 0 Å². The maximum absolute atomic E-state index is 5.81. The van der Waals surface area contributed by atoms with E-state index in [1.54, 1.807) is 7.11 Å². The zero-order valence-corrected chi connectivity index (χ0v) is 9.66. The van der Waals surface area contributed by atoms with E-state index in [0.29, 0.717) is 13.4 Å². The summed E-state index contributed by atoms with van der Waals surface area (Å²) in [6.07, 6.45) is 0.798. The lowest BCUT2D eigenvalue weighted by Gasteiger charge is -2.23. The molecule has 0 spiro atoms. The standard InChI is InChI=1S/C12H17NO3/c1-8(13)5-9-3-4-11(14-2)10-6-15-7-16-12(9)10/h3-4,8H,5-7,13H2,1-2H3. The van der Waals surface area contributed by atoms with Crippen molar-refractivity contribution in [3.05, 3.63) is 23.3 Å². The van der Waals surface area contributed by atoms with Crippen molar-refractivity contribution < 1.29 is 14.2 Å². The SMILES string of the molecule is COc1ccc(CC(C)N)c2c1COCO2. The first-order valence-corrected chi connectivity index (χ1v) is 5.37. The molecule has 1 unspecified atom stereocenters. The molecule has 16 heavy (non-hydrogen) atoms. The second-order valence-electron chi connectivity index (χ2n) is 4.03. The maximum atomic E-state index is 5.81. The van der Waals surface area contributed by atoms with E-state index in [-0.39, 0.29) is 6.04 Å². The molecular weight excluding hydrogens is 206 g/mol. The Bertz CT molecular complexity index is 377. The van der Waals surface area contributed by atoms with Gasteiger partial charge in [-0.3, -0.25) is 0 Å². The average Bonchev–Trinajstić information content (AvgIpc) is 2.29. The molecule has 0 fully saturated rings. The molecule has 0 radical (unpaired) electrons. The zero-order chi connectivity index (χ0) is 11.5. The second kappa shape index (κ2) is 4.72. The van der Waals surface area contributed by atoms with Gasteiger partial charge in [-0.05, 0) is 25.0 Å². The third-order valence-electron chi connectivity index (χ3n) is 2.59. The van der Waals surface area contributed by atoms with E-state index < -0.39 is 0 Å². The number of benzene rings is 1. The van der Waals surface area contributed by atoms with Crippen LogP contribution < -0.4 is 15.2 Å². The number of rotatable bonds is 3. The Morgan fingerprint density at radius 3 is 3.00 bits per heavy atom. The molecule has 4 nitrogen and oxygen atoms in total. The Labute approximate surface area is 95.3 Å². The van der Waals surface area contributed by atoms with Crippen molar-refractivity contribution in [2.45, 2.75) is 26.0 Å². The van der Waals surface area contributed by atoms with Crippen molar-refractivity contribution in [1.82, 2.24) is 0 Å². The third-order valence-corrected chi connectivity index (χ3v) is 2.59. The fraction of sp³-hybridized carbons (Fsp3) is 0.500. The first-order valence-electron chi connectivity index (χ1n) is 5.37. The van der Waals surface area contributed by atoms with E-state index in [1.165, 1.54) is 0 Å². The summed E-state index contributed by atoms with van der Waals surface area (Å²) in [5.74, 6) is 1.69. The molecule has 1 aliphatic rings. The quantitative estimate of drug-likeness (QED) is 0.842. The van der Waals surface area contributed by atoms with Gasteiger partial charge in [0.05, 0.1) is 19.3 Å². The minimum absolute atomic E-state index is 0.115. The smallest absolute Gasteiger partial charge is 0.189 e. The Morgan fingerprint density at radius 1 is 1.50 bits per heavy atom. The van der Waals surface area contributed by atoms with Crippen LogP contribution in [0.4, 0.5) is 0 Å². The van der Waals surface area contributed by atoms with Gasteiger partial charge < -0.3 is 19.9 Å². The molecule has 1 heterocycles. The van der Waals surface area contributed by atoms with Crippen LogP contribution >= 0.6 is 0 Å². The highest BCUT2D eigenvalue weighted by atomic mass is 16.7. The molecule has 4 heteroatoms. The Morgan fingerprint density at radius 2 is 2.31 bits per heavy atom. The van der Waals surface area contributed by atoms with E-state index in [1.807, 2.05) is 19.1 Å². The summed E-state index contributed by atoms with van der Waals surface area (Å²) in [7, 11) is 1.65. The van der Waals surface area contributed by atoms with E-state index in [0.717, 1.165) is 29.0 Å². The van der Waals surface area contributed by atoms with Gasteiger partial charge in [0.1, 0.15) is 11.5 Å². The van der Waals surface area contributed by atoms with Crippen molar-refractivity contribution in [2.24, 2.45) is 5.73 Å². The largest absolute Gasteiger partial charge is 0.496 e. The number of hydrogen-bond acceptors (Lipinski definition) is 4. The van der Waals surface area contributed by atoms with Crippen molar-refractivity contribution in [2.75, 3.05) is 13.9 Å². The number of methoxy groups -OCH3 is 1. The van der Waals surface area contributed by atoms with Gasteiger partial charge in [-0.25, -0.2) is 0 Å². The van der Waals surface area contributed by atoms with Gasteiger partial charge in [0.15, 0.2) is 6.79 Å². The number of fused-ring (bicyclic) bond motifs is 1. The molecule has 0 aliphatic carbocycles. The summed E-state index contributed by atoms with van der Waals surface area (Å²) >= 11 is 0. The number of nitrogens with two attached hydrogens (primary N) is 1. The summed E-state index contributed by atoms with van der Waals surface area (Å²) < 4.78 is 16.1. The highest BCUT2D eigenvalue weighted by Crippen LogP contribution is 2.35. The number of ether oxygens (including phenoxy) is 3. The minimum atomic E-state index is 0.115. The molecule has 2 rings (SSSR count). The number of hydrogen-bond donors (Lipinski definition) is 1. The van der Waals surface area contributed by atoms with Gasteiger partial charge in [-0.15, -0.1) is 0 Å². The average molecular weight is 223 g/mol. The van der Waals surface area contributed by atoms with Crippen molar-refractivity contribution in [3.8, 4) is 11.5 Å². The van der Waals surface area contributed by atoms with Crippen LogP contribution in [0.3, 0.4) is 0 Å². The summed E-state index contributed by atoms with van der Waals surface area (Å²) in [4.78, 5) is 0. The summed E-state index contributed by atoms with van der Waals surface area (Å²) in [6, 6.07) is 4.06. The van der Waals surface area contributed by atoms with Crippen LogP contribution in [0, 0.1) is 0 Å². The van der Waals surface area contributed by atoms with Gasteiger partial charge in [-0.2, -0.15) is 0 Å². The Kier molecular flexibility index (Phi) is 3.31. The van der Waals surface area contributed by atoms with E-state index >= 15 is 0 Å². The monoisotopic (exact) mass is 223 g/mol. The lowest BCUT2D eigenvalue weighted by Crippen LogP contribution is -2.20. The lowest BCUT2D eigenvalue weighted by molar-refractivity contribution is -0.0182. The van der Waals surface area contributed by atoms with E-state index in [9.17, 15) is 0 Å². The van der Waals surface area contributed by atoms with E-state index in [2.05, 4.69) is 0 Å². The molecular formula is C12H17NO3. The molecule has 0 bridgehead atoms. The molecule has 0 saturated carbocycles. The highest BCUT2D eigenvalue weighted by molar-refractivity contribution is 5.50. The van der Waals surface area contributed by atoms with Gasteiger partial charge in [0.25, 0.3) is 0 Å². The third kappa shape index (κ3) is 2.13.